The van der Waals surface area contributed by atoms with Gasteiger partial charge in [-0.25, -0.2) is 0 Å². The van der Waals surface area contributed by atoms with Gasteiger partial charge in [-0.2, -0.15) is 0 Å². The van der Waals surface area contributed by atoms with Gasteiger partial charge in [0.05, 0.1) is 11.9 Å². The second kappa shape index (κ2) is 4.61. The summed E-state index contributed by atoms with van der Waals surface area (Å²) in [6.45, 7) is 4.71. The van der Waals surface area contributed by atoms with E-state index in [-0.39, 0.29) is 23.0 Å². The molecule has 3 unspecified atom stereocenters. The first-order valence-electron chi connectivity index (χ1n) is 8.88. The number of fused-ring (bicyclic) bond motifs is 5. The van der Waals surface area contributed by atoms with E-state index in [0.717, 1.165) is 32.1 Å². The number of hydrogen-bond acceptors (Lipinski definition) is 3. The smallest absolute Gasteiger partial charge is 0.0886 e. The fraction of sp³-hybridized carbons (Fsp3) is 0.789. The molecule has 0 aromatic heterocycles. The normalized spacial score (nSPS) is 56.8. The van der Waals surface area contributed by atoms with Crippen LogP contribution in [0.2, 0.25) is 0 Å². The predicted octanol–water partition coefficient (Wildman–Crippen LogP) is 3.16. The summed E-state index contributed by atoms with van der Waals surface area (Å²) in [5.41, 5.74) is 6.71. The van der Waals surface area contributed by atoms with Gasteiger partial charge in [0.2, 0.25) is 0 Å². The van der Waals surface area contributed by atoms with Gasteiger partial charge in [0.15, 0.2) is 0 Å². The first-order chi connectivity index (χ1) is 10.4. The average molecular weight is 303 g/mol. The van der Waals surface area contributed by atoms with Crippen molar-refractivity contribution in [1.29, 1.82) is 0 Å². The Kier molecular flexibility index (Phi) is 3.09. The van der Waals surface area contributed by atoms with Crippen LogP contribution in [-0.4, -0.2) is 22.4 Å². The standard InChI is InChI=1S/C19H29NO2/c1-18-7-5-12(21)9-11(18)10-15(22)17-13-3-4-16(20)19(13,2)8-6-14(17)18/h3-4,9,11,13-17,21-22H,5-8,10,20H2,1-2H3/t11?,13-,14+,15?,16?,17-,18-,19-/m0/s1. The van der Waals surface area contributed by atoms with Crippen LogP contribution in [-0.2, 0) is 0 Å². The van der Waals surface area contributed by atoms with Crippen LogP contribution in [0.25, 0.3) is 0 Å². The van der Waals surface area contributed by atoms with Gasteiger partial charge in [-0.1, -0.05) is 26.0 Å². The van der Waals surface area contributed by atoms with E-state index in [9.17, 15) is 10.2 Å². The lowest BCUT2D eigenvalue weighted by Gasteiger charge is -2.60. The zero-order chi connectivity index (χ0) is 15.7. The summed E-state index contributed by atoms with van der Waals surface area (Å²) >= 11 is 0. The van der Waals surface area contributed by atoms with Crippen LogP contribution in [0.1, 0.15) is 46.0 Å². The van der Waals surface area contributed by atoms with Gasteiger partial charge in [-0.05, 0) is 66.3 Å². The maximum atomic E-state index is 10.9. The van der Waals surface area contributed by atoms with E-state index in [1.54, 1.807) is 0 Å². The predicted molar refractivity (Wildman–Crippen MR) is 87.1 cm³/mol. The van der Waals surface area contributed by atoms with Crippen molar-refractivity contribution in [3.8, 4) is 0 Å². The van der Waals surface area contributed by atoms with Crippen molar-refractivity contribution in [2.75, 3.05) is 0 Å². The first-order valence-corrected chi connectivity index (χ1v) is 8.88. The molecule has 0 bridgehead atoms. The third-order valence-electron chi connectivity index (χ3n) is 7.87. The van der Waals surface area contributed by atoms with Crippen molar-refractivity contribution in [1.82, 2.24) is 0 Å². The molecule has 0 amide bonds. The summed E-state index contributed by atoms with van der Waals surface area (Å²) in [4.78, 5) is 0. The molecule has 2 fully saturated rings. The minimum Gasteiger partial charge on any atom is -0.513 e. The average Bonchev–Trinajstić information content (AvgIpc) is 2.77. The Morgan fingerprint density at radius 2 is 1.95 bits per heavy atom. The maximum absolute atomic E-state index is 10.9. The summed E-state index contributed by atoms with van der Waals surface area (Å²) in [5, 5.41) is 20.8. The molecule has 0 heterocycles. The van der Waals surface area contributed by atoms with Crippen LogP contribution in [0.4, 0.5) is 0 Å². The lowest BCUT2D eigenvalue weighted by molar-refractivity contribution is -0.137. The zero-order valence-corrected chi connectivity index (χ0v) is 13.7. The number of nitrogens with two attached hydrogens (primary N) is 1. The molecule has 4 aliphatic rings. The van der Waals surface area contributed by atoms with Crippen molar-refractivity contribution in [2.24, 2.45) is 40.2 Å². The fourth-order valence-corrected chi connectivity index (χ4v) is 6.29. The van der Waals surface area contributed by atoms with E-state index in [1.807, 2.05) is 6.08 Å². The van der Waals surface area contributed by atoms with Crippen molar-refractivity contribution in [3.05, 3.63) is 24.0 Å². The lowest BCUT2D eigenvalue weighted by atomic mass is 9.45. The van der Waals surface area contributed by atoms with Crippen molar-refractivity contribution >= 4 is 0 Å². The highest BCUT2D eigenvalue weighted by molar-refractivity contribution is 5.23. The van der Waals surface area contributed by atoms with Gasteiger partial charge in [-0.3, -0.25) is 0 Å². The van der Waals surface area contributed by atoms with Crippen molar-refractivity contribution in [2.45, 2.75) is 58.1 Å². The number of allylic oxidation sites excluding steroid dienone is 3. The Hall–Kier alpha value is -0.800. The molecule has 4 aliphatic carbocycles. The molecule has 8 atom stereocenters. The van der Waals surface area contributed by atoms with Crippen LogP contribution in [0, 0.1) is 34.5 Å². The largest absolute Gasteiger partial charge is 0.513 e. The molecule has 2 saturated carbocycles. The van der Waals surface area contributed by atoms with Gasteiger partial charge in [0.1, 0.15) is 0 Å². The summed E-state index contributed by atoms with van der Waals surface area (Å²) in [6.07, 6.45) is 11.2. The van der Waals surface area contributed by atoms with Crippen LogP contribution in [0.15, 0.2) is 24.0 Å². The molecule has 0 saturated heterocycles. The van der Waals surface area contributed by atoms with Crippen LogP contribution >= 0.6 is 0 Å². The number of hydrogen-bond donors (Lipinski definition) is 3. The molecule has 22 heavy (non-hydrogen) atoms. The Morgan fingerprint density at radius 1 is 1.18 bits per heavy atom. The molecule has 4 N–H and O–H groups in total. The molecule has 0 aromatic rings. The molecule has 3 nitrogen and oxygen atoms in total. The molecule has 0 radical (unpaired) electrons. The zero-order valence-electron chi connectivity index (χ0n) is 13.7. The lowest BCUT2D eigenvalue weighted by Crippen LogP contribution is -2.58. The molecule has 122 valence electrons. The highest BCUT2D eigenvalue weighted by Gasteiger charge is 2.60. The summed E-state index contributed by atoms with van der Waals surface area (Å²) in [5.74, 6) is 2.13. The van der Waals surface area contributed by atoms with E-state index < -0.39 is 0 Å². The SMILES string of the molecule is C[C@]12CCC(O)=CC1CC(O)[C@@H]1[C@H]2CC[C@]2(C)C(N)C=C[C@@H]12. The van der Waals surface area contributed by atoms with Gasteiger partial charge < -0.3 is 15.9 Å². The van der Waals surface area contributed by atoms with Crippen LogP contribution in [0.5, 0.6) is 0 Å². The third kappa shape index (κ3) is 1.75. The second-order valence-electron chi connectivity index (χ2n) is 8.74. The monoisotopic (exact) mass is 303 g/mol. The number of aliphatic hydroxyl groups is 2. The van der Waals surface area contributed by atoms with Gasteiger partial charge in [0, 0.05) is 12.5 Å². The van der Waals surface area contributed by atoms with Crippen LogP contribution in [0.3, 0.4) is 0 Å². The Balaban J connectivity index is 1.72. The Bertz CT molecular complexity index is 542. The Labute approximate surface area is 133 Å². The number of rotatable bonds is 0. The highest BCUT2D eigenvalue weighted by Crippen LogP contribution is 2.64. The quantitative estimate of drug-likeness (QED) is 0.602. The Morgan fingerprint density at radius 3 is 2.73 bits per heavy atom. The third-order valence-corrected chi connectivity index (χ3v) is 7.87. The molecule has 0 spiro atoms. The van der Waals surface area contributed by atoms with E-state index in [2.05, 4.69) is 26.0 Å². The first kappa shape index (κ1) is 14.8. The van der Waals surface area contributed by atoms with Crippen LogP contribution < -0.4 is 5.73 Å². The second-order valence-corrected chi connectivity index (χ2v) is 8.74. The molecule has 3 heteroatoms. The van der Waals surface area contributed by atoms with Gasteiger partial charge in [0.25, 0.3) is 0 Å². The highest BCUT2D eigenvalue weighted by atomic mass is 16.3. The molecular formula is C19H29NO2. The van der Waals surface area contributed by atoms with Crippen molar-refractivity contribution in [3.63, 3.8) is 0 Å². The molecule has 4 rings (SSSR count). The van der Waals surface area contributed by atoms with Gasteiger partial charge in [-0.15, -0.1) is 0 Å². The molecule has 0 aliphatic heterocycles. The summed E-state index contributed by atoms with van der Waals surface area (Å²) < 4.78 is 0. The minimum atomic E-state index is -0.273. The number of aliphatic hydroxyl groups excluding tert-OH is 2. The molecule has 0 aromatic carbocycles. The van der Waals surface area contributed by atoms with E-state index in [1.165, 1.54) is 0 Å². The fourth-order valence-electron chi connectivity index (χ4n) is 6.29. The summed E-state index contributed by atoms with van der Waals surface area (Å²) in [7, 11) is 0. The van der Waals surface area contributed by atoms with E-state index in [0.29, 0.717) is 29.4 Å². The summed E-state index contributed by atoms with van der Waals surface area (Å²) in [6, 6.07) is 0.131. The van der Waals surface area contributed by atoms with E-state index >= 15 is 0 Å². The topological polar surface area (TPSA) is 66.5 Å². The maximum Gasteiger partial charge on any atom is 0.0886 e. The molecular weight excluding hydrogens is 274 g/mol. The van der Waals surface area contributed by atoms with E-state index in [4.69, 9.17) is 5.73 Å². The van der Waals surface area contributed by atoms with Crippen molar-refractivity contribution < 1.29 is 10.2 Å². The minimum absolute atomic E-state index is 0.123. The van der Waals surface area contributed by atoms with Gasteiger partial charge >= 0.3 is 0 Å².